The number of nitrogens with two attached hydrogens (primary N) is 1. The molecule has 0 radical (unpaired) electrons. The van der Waals surface area contributed by atoms with Crippen molar-refractivity contribution in [2.24, 2.45) is 10.9 Å². The Hall–Kier alpha value is -2.76. The van der Waals surface area contributed by atoms with Gasteiger partial charge in [-0.2, -0.15) is 0 Å². The van der Waals surface area contributed by atoms with Gasteiger partial charge in [0.1, 0.15) is 11.4 Å². The summed E-state index contributed by atoms with van der Waals surface area (Å²) in [7, 11) is 3.49. The van der Waals surface area contributed by atoms with E-state index in [4.69, 9.17) is 15.7 Å². The topological polar surface area (TPSA) is 84.0 Å². The molecule has 1 heterocycles. The Morgan fingerprint density at radius 1 is 1.35 bits per heavy atom. The highest BCUT2D eigenvalue weighted by Crippen LogP contribution is 2.28. The first-order valence-electron chi connectivity index (χ1n) is 5.98. The molecule has 0 bridgehead atoms. The van der Waals surface area contributed by atoms with E-state index in [1.165, 1.54) is 0 Å². The molecule has 0 spiro atoms. The molecular formula is C14H16N4O2. The number of benzene rings is 1. The summed E-state index contributed by atoms with van der Waals surface area (Å²) in [5, 5.41) is 11.8. The highest BCUT2D eigenvalue weighted by molar-refractivity contribution is 6.00. The molecule has 0 unspecified atom stereocenters. The molecule has 6 nitrogen and oxygen atoms in total. The molecule has 0 aliphatic rings. The second-order valence-corrected chi connectivity index (χ2v) is 4.12. The van der Waals surface area contributed by atoms with Crippen molar-refractivity contribution in [3.63, 3.8) is 0 Å². The number of rotatable bonds is 4. The van der Waals surface area contributed by atoms with Crippen molar-refractivity contribution in [1.29, 1.82) is 0 Å². The molecular weight excluding hydrogens is 256 g/mol. The number of hydrogen-bond donors (Lipinski definition) is 2. The maximum atomic E-state index is 8.83. The largest absolute Gasteiger partial charge is 0.497 e. The van der Waals surface area contributed by atoms with Crippen LogP contribution in [0.4, 0.5) is 11.4 Å². The Morgan fingerprint density at radius 2 is 2.15 bits per heavy atom. The first-order valence-corrected chi connectivity index (χ1v) is 5.98. The molecule has 2 aromatic rings. The van der Waals surface area contributed by atoms with Gasteiger partial charge in [0, 0.05) is 25.0 Å². The predicted octanol–water partition coefficient (Wildman–Crippen LogP) is 1.95. The van der Waals surface area contributed by atoms with Crippen molar-refractivity contribution in [2.75, 3.05) is 19.1 Å². The molecule has 0 amide bonds. The van der Waals surface area contributed by atoms with Gasteiger partial charge in [0.15, 0.2) is 5.84 Å². The minimum absolute atomic E-state index is 0.0321. The third-order valence-electron chi connectivity index (χ3n) is 2.94. The zero-order valence-electron chi connectivity index (χ0n) is 11.3. The minimum atomic E-state index is -0.0321. The first-order chi connectivity index (χ1) is 9.67. The van der Waals surface area contributed by atoms with E-state index in [0.29, 0.717) is 5.69 Å². The van der Waals surface area contributed by atoms with Crippen LogP contribution in [0.5, 0.6) is 5.75 Å². The van der Waals surface area contributed by atoms with Crippen LogP contribution in [0.2, 0.25) is 0 Å². The van der Waals surface area contributed by atoms with E-state index in [9.17, 15) is 0 Å². The maximum absolute atomic E-state index is 8.83. The number of amidine groups is 1. The zero-order chi connectivity index (χ0) is 14.5. The van der Waals surface area contributed by atoms with Crippen molar-refractivity contribution in [3.05, 3.63) is 48.3 Å². The van der Waals surface area contributed by atoms with Gasteiger partial charge in [-0.1, -0.05) is 11.2 Å². The molecule has 20 heavy (non-hydrogen) atoms. The Morgan fingerprint density at radius 3 is 2.85 bits per heavy atom. The zero-order valence-corrected chi connectivity index (χ0v) is 11.3. The molecule has 104 valence electrons. The first kappa shape index (κ1) is 13.7. The Labute approximate surface area is 117 Å². The van der Waals surface area contributed by atoms with Crippen molar-refractivity contribution in [3.8, 4) is 5.75 Å². The smallest absolute Gasteiger partial charge is 0.190 e. The lowest BCUT2D eigenvalue weighted by molar-refractivity contribution is 0.318. The lowest BCUT2D eigenvalue weighted by atomic mass is 10.2. The van der Waals surface area contributed by atoms with E-state index in [1.807, 2.05) is 42.3 Å². The van der Waals surface area contributed by atoms with Gasteiger partial charge in [-0.25, -0.2) is 0 Å². The summed E-state index contributed by atoms with van der Waals surface area (Å²) in [6, 6.07) is 11.2. The number of aromatic nitrogens is 1. The minimum Gasteiger partial charge on any atom is -0.497 e. The number of ether oxygens (including phenoxy) is 1. The van der Waals surface area contributed by atoms with E-state index in [0.717, 1.165) is 17.1 Å². The fourth-order valence-electron chi connectivity index (χ4n) is 1.87. The van der Waals surface area contributed by atoms with Crippen LogP contribution >= 0.6 is 0 Å². The molecule has 6 heteroatoms. The predicted molar refractivity (Wildman–Crippen MR) is 77.8 cm³/mol. The van der Waals surface area contributed by atoms with Gasteiger partial charge in [-0.05, 0) is 24.3 Å². The van der Waals surface area contributed by atoms with Gasteiger partial charge in [-0.15, -0.1) is 0 Å². The fraction of sp³-hybridized carbons (Fsp3) is 0.143. The summed E-state index contributed by atoms with van der Waals surface area (Å²) in [4.78, 5) is 6.04. The molecule has 0 atom stereocenters. The van der Waals surface area contributed by atoms with Crippen molar-refractivity contribution < 1.29 is 9.94 Å². The molecule has 0 saturated carbocycles. The lowest BCUT2D eigenvalue weighted by Crippen LogP contribution is -2.21. The highest BCUT2D eigenvalue weighted by Gasteiger charge is 2.13. The van der Waals surface area contributed by atoms with E-state index in [-0.39, 0.29) is 5.84 Å². The summed E-state index contributed by atoms with van der Waals surface area (Å²) in [5.74, 6) is 0.721. The molecule has 2 rings (SSSR count). The third-order valence-corrected chi connectivity index (χ3v) is 2.94. The Balaban J connectivity index is 2.45. The molecule has 0 fully saturated rings. The molecule has 1 aromatic carbocycles. The van der Waals surface area contributed by atoms with E-state index in [2.05, 4.69) is 10.1 Å². The van der Waals surface area contributed by atoms with E-state index < -0.39 is 0 Å². The van der Waals surface area contributed by atoms with Crippen LogP contribution in [0.1, 0.15) is 5.69 Å². The number of pyridine rings is 1. The van der Waals surface area contributed by atoms with Gasteiger partial charge in [0.2, 0.25) is 0 Å². The fourth-order valence-corrected chi connectivity index (χ4v) is 1.87. The van der Waals surface area contributed by atoms with Crippen LogP contribution in [0.3, 0.4) is 0 Å². The van der Waals surface area contributed by atoms with Gasteiger partial charge in [0.05, 0.1) is 12.8 Å². The second-order valence-electron chi connectivity index (χ2n) is 4.12. The van der Waals surface area contributed by atoms with Gasteiger partial charge < -0.3 is 20.6 Å². The summed E-state index contributed by atoms with van der Waals surface area (Å²) in [5.41, 5.74) is 7.71. The van der Waals surface area contributed by atoms with Gasteiger partial charge in [0.25, 0.3) is 0 Å². The van der Waals surface area contributed by atoms with Crippen LogP contribution in [-0.4, -0.2) is 30.2 Å². The molecule has 0 aliphatic heterocycles. The SMILES string of the molecule is COc1cccc(N(C)c2cccnc2/C(N)=N/O)c1. The molecule has 0 saturated heterocycles. The van der Waals surface area contributed by atoms with Crippen LogP contribution in [0.25, 0.3) is 0 Å². The average Bonchev–Trinajstić information content (AvgIpc) is 2.53. The summed E-state index contributed by atoms with van der Waals surface area (Å²) in [6.07, 6.45) is 1.59. The normalized spacial score (nSPS) is 11.2. The van der Waals surface area contributed by atoms with E-state index >= 15 is 0 Å². The van der Waals surface area contributed by atoms with Gasteiger partial charge >= 0.3 is 0 Å². The number of anilines is 2. The standard InChI is InChI=1S/C14H16N4O2/c1-18(10-5-3-6-11(9-10)20-2)12-7-4-8-16-13(12)14(15)17-19/h3-9,19H,1-2H3,(H2,15,17). The van der Waals surface area contributed by atoms with E-state index in [1.54, 1.807) is 19.4 Å². The molecule has 3 N–H and O–H groups in total. The lowest BCUT2D eigenvalue weighted by Gasteiger charge is -2.21. The Bertz CT molecular complexity index is 628. The maximum Gasteiger partial charge on any atom is 0.190 e. The van der Waals surface area contributed by atoms with Gasteiger partial charge in [-0.3, -0.25) is 4.98 Å². The molecule has 1 aromatic heterocycles. The summed E-state index contributed by atoms with van der Waals surface area (Å²) >= 11 is 0. The Kier molecular flexibility index (Phi) is 4.05. The quantitative estimate of drug-likeness (QED) is 0.384. The highest BCUT2D eigenvalue weighted by atomic mass is 16.5. The van der Waals surface area contributed by atoms with Crippen LogP contribution < -0.4 is 15.4 Å². The summed E-state index contributed by atoms with van der Waals surface area (Å²) < 4.78 is 5.21. The van der Waals surface area contributed by atoms with Crippen LogP contribution in [0, 0.1) is 0 Å². The number of hydrogen-bond acceptors (Lipinski definition) is 5. The molecule has 0 aliphatic carbocycles. The average molecular weight is 272 g/mol. The monoisotopic (exact) mass is 272 g/mol. The van der Waals surface area contributed by atoms with Crippen LogP contribution in [-0.2, 0) is 0 Å². The third kappa shape index (κ3) is 2.64. The van der Waals surface area contributed by atoms with Crippen LogP contribution in [0.15, 0.2) is 47.8 Å². The number of oxime groups is 1. The van der Waals surface area contributed by atoms with Crippen molar-refractivity contribution >= 4 is 17.2 Å². The second kappa shape index (κ2) is 5.92. The summed E-state index contributed by atoms with van der Waals surface area (Å²) in [6.45, 7) is 0. The number of methoxy groups -OCH3 is 1. The van der Waals surface area contributed by atoms with Crippen molar-refractivity contribution in [2.45, 2.75) is 0 Å². The number of nitrogens with zero attached hydrogens (tertiary/aromatic N) is 3. The van der Waals surface area contributed by atoms with Crippen molar-refractivity contribution in [1.82, 2.24) is 4.98 Å².